The van der Waals surface area contributed by atoms with E-state index in [4.69, 9.17) is 14.0 Å². The summed E-state index contributed by atoms with van der Waals surface area (Å²) < 4.78 is 15.7. The van der Waals surface area contributed by atoms with Gasteiger partial charge in [-0.1, -0.05) is 17.3 Å². The third-order valence-electron chi connectivity index (χ3n) is 3.42. The van der Waals surface area contributed by atoms with Crippen LogP contribution in [0.4, 0.5) is 10.8 Å². The van der Waals surface area contributed by atoms with E-state index in [0.717, 1.165) is 11.3 Å². The average Bonchev–Trinajstić information content (AvgIpc) is 3.03. The minimum absolute atomic E-state index is 0.366. The molecule has 1 N–H and O–H groups in total. The van der Waals surface area contributed by atoms with Crippen molar-refractivity contribution in [3.63, 3.8) is 0 Å². The third kappa shape index (κ3) is 5.65. The minimum atomic E-state index is -0.596. The van der Waals surface area contributed by atoms with Gasteiger partial charge >= 0.3 is 12.1 Å². The molecule has 0 radical (unpaired) electrons. The summed E-state index contributed by atoms with van der Waals surface area (Å²) in [4.78, 5) is 18.3. The number of carbonyl (C=O) groups excluding carboxylic acids is 1. The number of methoxy groups -OCH3 is 1. The van der Waals surface area contributed by atoms with Gasteiger partial charge in [0.1, 0.15) is 11.4 Å². The molecule has 1 aromatic carbocycles. The molecule has 1 atom stereocenters. The van der Waals surface area contributed by atoms with E-state index in [1.54, 1.807) is 26.1 Å². The van der Waals surface area contributed by atoms with E-state index in [0.29, 0.717) is 18.3 Å². The monoisotopic (exact) mass is 362 g/mol. The molecule has 0 saturated carbocycles. The zero-order valence-corrected chi connectivity index (χ0v) is 16.1. The van der Waals surface area contributed by atoms with Gasteiger partial charge < -0.3 is 24.2 Å². The molecule has 2 aromatic rings. The van der Waals surface area contributed by atoms with E-state index < -0.39 is 17.7 Å². The van der Waals surface area contributed by atoms with Gasteiger partial charge in [0.15, 0.2) is 5.82 Å². The lowest BCUT2D eigenvalue weighted by Gasteiger charge is -2.22. The van der Waals surface area contributed by atoms with Gasteiger partial charge in [0.05, 0.1) is 13.2 Å². The Labute approximate surface area is 153 Å². The SMILES string of the molecule is COc1ccc(C[C@H](NC(=O)OC(C)(C)C)c2noc(N(C)C)n2)cc1. The molecule has 26 heavy (non-hydrogen) atoms. The number of alkyl carbamates (subject to hydrolysis) is 1. The van der Waals surface area contributed by atoms with E-state index in [9.17, 15) is 4.79 Å². The molecule has 0 fully saturated rings. The van der Waals surface area contributed by atoms with Gasteiger partial charge in [-0.25, -0.2) is 4.79 Å². The number of nitrogens with one attached hydrogen (secondary N) is 1. The van der Waals surface area contributed by atoms with Gasteiger partial charge in [-0.05, 0) is 38.5 Å². The first kappa shape index (κ1) is 19.6. The summed E-state index contributed by atoms with van der Waals surface area (Å²) in [6.45, 7) is 5.43. The highest BCUT2D eigenvalue weighted by Crippen LogP contribution is 2.21. The van der Waals surface area contributed by atoms with E-state index in [1.165, 1.54) is 0 Å². The summed E-state index contributed by atoms with van der Waals surface area (Å²) >= 11 is 0. The van der Waals surface area contributed by atoms with Gasteiger partial charge in [-0.2, -0.15) is 4.98 Å². The van der Waals surface area contributed by atoms with Crippen LogP contribution in [0.25, 0.3) is 0 Å². The quantitative estimate of drug-likeness (QED) is 0.845. The maximum atomic E-state index is 12.2. The molecular formula is C18H26N4O4. The van der Waals surface area contributed by atoms with E-state index in [1.807, 2.05) is 45.0 Å². The topological polar surface area (TPSA) is 89.7 Å². The molecule has 142 valence electrons. The molecule has 8 heteroatoms. The first-order valence-corrected chi connectivity index (χ1v) is 8.31. The van der Waals surface area contributed by atoms with E-state index >= 15 is 0 Å². The molecule has 2 rings (SSSR count). The maximum Gasteiger partial charge on any atom is 0.408 e. The fourth-order valence-electron chi connectivity index (χ4n) is 2.20. The largest absolute Gasteiger partial charge is 0.497 e. The first-order chi connectivity index (χ1) is 12.2. The highest BCUT2D eigenvalue weighted by molar-refractivity contribution is 5.68. The Balaban J connectivity index is 2.20. The lowest BCUT2D eigenvalue weighted by molar-refractivity contribution is 0.0500. The molecule has 8 nitrogen and oxygen atoms in total. The lowest BCUT2D eigenvalue weighted by Crippen LogP contribution is -2.36. The lowest BCUT2D eigenvalue weighted by atomic mass is 10.1. The van der Waals surface area contributed by atoms with Crippen LogP contribution in [0.15, 0.2) is 28.8 Å². The molecular weight excluding hydrogens is 336 g/mol. The van der Waals surface area contributed by atoms with Gasteiger partial charge in [-0.3, -0.25) is 0 Å². The summed E-state index contributed by atoms with van der Waals surface area (Å²) in [5.74, 6) is 1.15. The van der Waals surface area contributed by atoms with Gasteiger partial charge in [0, 0.05) is 20.5 Å². The second-order valence-corrected chi connectivity index (χ2v) is 7.08. The molecule has 0 aliphatic heterocycles. The average molecular weight is 362 g/mol. The summed E-state index contributed by atoms with van der Waals surface area (Å²) in [6, 6.07) is 7.45. The number of hydrogen-bond acceptors (Lipinski definition) is 7. The van der Waals surface area contributed by atoms with Crippen molar-refractivity contribution in [3.8, 4) is 5.75 Å². The highest BCUT2D eigenvalue weighted by atomic mass is 16.6. The van der Waals surface area contributed by atoms with Crippen molar-refractivity contribution in [2.24, 2.45) is 0 Å². The predicted molar refractivity (Wildman–Crippen MR) is 97.4 cm³/mol. The van der Waals surface area contributed by atoms with Crippen molar-refractivity contribution in [1.29, 1.82) is 0 Å². The first-order valence-electron chi connectivity index (χ1n) is 8.31. The predicted octanol–water partition coefficient (Wildman–Crippen LogP) is 2.95. The molecule has 0 unspecified atom stereocenters. The minimum Gasteiger partial charge on any atom is -0.497 e. The number of carbonyl (C=O) groups is 1. The Bertz CT molecular complexity index is 720. The zero-order valence-electron chi connectivity index (χ0n) is 16.1. The Hall–Kier alpha value is -2.77. The third-order valence-corrected chi connectivity index (χ3v) is 3.42. The fraction of sp³-hybridized carbons (Fsp3) is 0.500. The molecule has 0 aliphatic rings. The van der Waals surface area contributed by atoms with Crippen LogP contribution in [0.3, 0.4) is 0 Å². The van der Waals surface area contributed by atoms with Crippen molar-refractivity contribution in [2.75, 3.05) is 26.1 Å². The van der Waals surface area contributed by atoms with Crippen LogP contribution in [0.1, 0.15) is 38.2 Å². The summed E-state index contributed by atoms with van der Waals surface area (Å²) in [5, 5.41) is 6.82. The number of hydrogen-bond donors (Lipinski definition) is 1. The molecule has 1 aromatic heterocycles. The van der Waals surface area contributed by atoms with E-state index in [-0.39, 0.29) is 0 Å². The molecule has 0 aliphatic carbocycles. The van der Waals surface area contributed by atoms with Gasteiger partial charge in [0.25, 0.3) is 0 Å². The van der Waals surface area contributed by atoms with Crippen LogP contribution in [0.5, 0.6) is 5.75 Å². The second kappa shape index (κ2) is 8.07. The van der Waals surface area contributed by atoms with E-state index in [2.05, 4.69) is 15.5 Å². The summed E-state index contributed by atoms with van der Waals surface area (Å²) in [6.07, 6.45) is -0.0532. The number of anilines is 1. The number of nitrogens with zero attached hydrogens (tertiary/aromatic N) is 3. The maximum absolute atomic E-state index is 12.2. The molecule has 1 amide bonds. The number of ether oxygens (including phenoxy) is 2. The molecule has 0 saturated heterocycles. The van der Waals surface area contributed by atoms with Crippen molar-refractivity contribution in [1.82, 2.24) is 15.5 Å². The van der Waals surface area contributed by atoms with Crippen molar-refractivity contribution in [3.05, 3.63) is 35.7 Å². The Morgan fingerprint density at radius 1 is 1.27 bits per heavy atom. The van der Waals surface area contributed by atoms with Crippen molar-refractivity contribution >= 4 is 12.1 Å². The van der Waals surface area contributed by atoms with Gasteiger partial charge in [0.2, 0.25) is 0 Å². The van der Waals surface area contributed by atoms with Crippen LogP contribution in [0.2, 0.25) is 0 Å². The summed E-state index contributed by atoms with van der Waals surface area (Å²) in [5.41, 5.74) is 0.393. The highest BCUT2D eigenvalue weighted by Gasteiger charge is 2.25. The normalized spacial score (nSPS) is 12.4. The summed E-state index contributed by atoms with van der Waals surface area (Å²) in [7, 11) is 5.22. The zero-order chi connectivity index (χ0) is 19.3. The van der Waals surface area contributed by atoms with Crippen molar-refractivity contribution in [2.45, 2.75) is 38.8 Å². The van der Waals surface area contributed by atoms with Crippen LogP contribution >= 0.6 is 0 Å². The number of aromatic nitrogens is 2. The van der Waals surface area contributed by atoms with Crippen LogP contribution < -0.4 is 15.0 Å². The number of benzene rings is 1. The number of amides is 1. The fourth-order valence-corrected chi connectivity index (χ4v) is 2.20. The van der Waals surface area contributed by atoms with Crippen LogP contribution in [-0.2, 0) is 11.2 Å². The Kier molecular flexibility index (Phi) is 6.07. The molecule has 1 heterocycles. The van der Waals surface area contributed by atoms with Crippen LogP contribution in [-0.4, -0.2) is 43.0 Å². The number of rotatable bonds is 6. The second-order valence-electron chi connectivity index (χ2n) is 7.08. The van der Waals surface area contributed by atoms with Crippen LogP contribution in [0, 0.1) is 0 Å². The Morgan fingerprint density at radius 2 is 1.92 bits per heavy atom. The van der Waals surface area contributed by atoms with Gasteiger partial charge in [-0.15, -0.1) is 0 Å². The smallest absolute Gasteiger partial charge is 0.408 e. The molecule has 0 spiro atoms. The standard InChI is InChI=1S/C18H26N4O4/c1-18(2,3)25-17(23)19-14(15-20-16(22(4)5)26-21-15)11-12-7-9-13(24-6)10-8-12/h7-10,14H,11H2,1-6H3,(H,19,23)/t14-/m0/s1. The molecule has 0 bridgehead atoms. The van der Waals surface area contributed by atoms with Crippen molar-refractivity contribution < 1.29 is 18.8 Å². The Morgan fingerprint density at radius 3 is 2.42 bits per heavy atom.